The summed E-state index contributed by atoms with van der Waals surface area (Å²) in [5, 5.41) is 9.70. The first-order chi connectivity index (χ1) is 38.1. The lowest BCUT2D eigenvalue weighted by Crippen LogP contribution is -2.40. The number of carbonyl (C=O) groups excluding carboxylic acids is 2. The van der Waals surface area contributed by atoms with Gasteiger partial charge < -0.3 is 28.5 Å². The van der Waals surface area contributed by atoms with E-state index in [-0.39, 0.29) is 32.2 Å². The second kappa shape index (κ2) is 58.8. The van der Waals surface area contributed by atoms with Gasteiger partial charge in [0.05, 0.1) is 34.4 Å². The van der Waals surface area contributed by atoms with E-state index in [1.807, 2.05) is 21.1 Å². The minimum absolute atomic E-state index is 0.182. The van der Waals surface area contributed by atoms with Gasteiger partial charge >= 0.3 is 17.9 Å². The van der Waals surface area contributed by atoms with Crippen molar-refractivity contribution in [3.8, 4) is 0 Å². The first-order valence-corrected chi connectivity index (χ1v) is 31.2. The van der Waals surface area contributed by atoms with Crippen molar-refractivity contribution >= 4 is 17.9 Å². The summed E-state index contributed by atoms with van der Waals surface area (Å²) >= 11 is 0. The Kier molecular flexibility index (Phi) is 55.6. The number of hydrogen-bond donors (Lipinski definition) is 1. The minimum atomic E-state index is -1.52. The summed E-state index contributed by atoms with van der Waals surface area (Å²) < 4.78 is 22.9. The van der Waals surface area contributed by atoms with Crippen molar-refractivity contribution in [3.05, 3.63) is 122 Å². The Labute approximate surface area is 478 Å². The van der Waals surface area contributed by atoms with Gasteiger partial charge in [-0.25, -0.2) is 4.79 Å². The Balaban J connectivity index is 4.17. The number of unbranched alkanes of at least 4 members (excludes halogenated alkanes) is 21. The molecular weight excluding hydrogens is 971 g/mol. The van der Waals surface area contributed by atoms with Crippen molar-refractivity contribution in [2.24, 2.45) is 0 Å². The molecule has 0 rings (SSSR count). The van der Waals surface area contributed by atoms with Gasteiger partial charge in [0.25, 0.3) is 6.29 Å². The summed E-state index contributed by atoms with van der Waals surface area (Å²) in [6, 6.07) is 0. The van der Waals surface area contributed by atoms with Crippen LogP contribution in [0.2, 0.25) is 0 Å². The van der Waals surface area contributed by atoms with Crippen molar-refractivity contribution < 1.29 is 42.9 Å². The van der Waals surface area contributed by atoms with Crippen LogP contribution in [0.3, 0.4) is 0 Å². The van der Waals surface area contributed by atoms with Gasteiger partial charge in [-0.05, 0) is 89.9 Å². The highest BCUT2D eigenvalue weighted by atomic mass is 16.7. The molecule has 2 unspecified atom stereocenters. The zero-order valence-electron chi connectivity index (χ0n) is 50.5. The molecule has 0 bridgehead atoms. The van der Waals surface area contributed by atoms with Gasteiger partial charge in [-0.1, -0.05) is 257 Å². The number of rotatable bonds is 56. The number of carboxylic acids is 1. The third kappa shape index (κ3) is 59.4. The van der Waals surface area contributed by atoms with Crippen LogP contribution in [0.4, 0.5) is 0 Å². The highest BCUT2D eigenvalue weighted by Gasteiger charge is 2.25. The van der Waals surface area contributed by atoms with Crippen molar-refractivity contribution in [3.63, 3.8) is 0 Å². The summed E-state index contributed by atoms with van der Waals surface area (Å²) in [6.07, 6.45) is 80.0. The molecule has 444 valence electrons. The predicted octanol–water partition coefficient (Wildman–Crippen LogP) is 18.8. The van der Waals surface area contributed by atoms with Crippen LogP contribution in [-0.4, -0.2) is 87.4 Å². The number of hydrogen-bond acceptors (Lipinski definition) is 7. The lowest BCUT2D eigenvalue weighted by molar-refractivity contribution is -0.870. The van der Waals surface area contributed by atoms with Crippen LogP contribution in [0.25, 0.3) is 0 Å². The number of likely N-dealkylation sites (N-methyl/N-ethyl adjacent to an activating group) is 1. The molecule has 0 aromatic rings. The largest absolute Gasteiger partial charge is 0.477 e. The normalized spacial score (nSPS) is 13.6. The number of quaternary nitrogens is 1. The van der Waals surface area contributed by atoms with Gasteiger partial charge in [0.2, 0.25) is 0 Å². The Morgan fingerprint density at radius 1 is 0.397 bits per heavy atom. The maximum atomic E-state index is 12.9. The van der Waals surface area contributed by atoms with Crippen LogP contribution in [0.1, 0.15) is 239 Å². The lowest BCUT2D eigenvalue weighted by atomic mass is 10.0. The Morgan fingerprint density at radius 3 is 1.09 bits per heavy atom. The second-order valence-corrected chi connectivity index (χ2v) is 21.6. The molecule has 0 saturated carbocycles. The molecule has 0 saturated heterocycles. The van der Waals surface area contributed by atoms with Gasteiger partial charge in [0, 0.05) is 12.8 Å². The summed E-state index contributed by atoms with van der Waals surface area (Å²) in [6.45, 7) is 4.75. The fourth-order valence-corrected chi connectivity index (χ4v) is 8.22. The van der Waals surface area contributed by atoms with Gasteiger partial charge in [-0.3, -0.25) is 9.59 Å². The number of aliphatic carboxylic acids is 1. The molecule has 0 fully saturated rings. The Morgan fingerprint density at radius 2 is 0.731 bits per heavy atom. The third-order valence-electron chi connectivity index (χ3n) is 13.0. The Hall–Kier alpha value is -4.31. The maximum absolute atomic E-state index is 12.9. The van der Waals surface area contributed by atoms with Crippen molar-refractivity contribution in [2.45, 2.75) is 251 Å². The fourth-order valence-electron chi connectivity index (χ4n) is 8.22. The molecule has 0 aromatic carbocycles. The van der Waals surface area contributed by atoms with Gasteiger partial charge in [-0.15, -0.1) is 0 Å². The molecule has 0 aromatic heterocycles. The second-order valence-electron chi connectivity index (χ2n) is 21.6. The van der Waals surface area contributed by atoms with E-state index in [9.17, 15) is 19.5 Å². The Bertz CT molecular complexity index is 1690. The third-order valence-corrected chi connectivity index (χ3v) is 13.0. The molecule has 78 heavy (non-hydrogen) atoms. The first-order valence-electron chi connectivity index (χ1n) is 31.2. The maximum Gasteiger partial charge on any atom is 0.361 e. The van der Waals surface area contributed by atoms with Crippen LogP contribution in [-0.2, 0) is 33.3 Å². The van der Waals surface area contributed by atoms with Crippen molar-refractivity contribution in [1.82, 2.24) is 0 Å². The van der Waals surface area contributed by atoms with Crippen LogP contribution in [0.15, 0.2) is 122 Å². The molecule has 2 atom stereocenters. The molecule has 9 nitrogen and oxygen atoms in total. The van der Waals surface area contributed by atoms with Gasteiger partial charge in [0.15, 0.2) is 6.10 Å². The zero-order chi connectivity index (χ0) is 56.9. The average molecular weight is 1090 g/mol. The van der Waals surface area contributed by atoms with E-state index in [2.05, 4.69) is 135 Å². The summed E-state index contributed by atoms with van der Waals surface area (Å²) in [5.41, 5.74) is 0. The number of carboxylic acid groups (broad SMARTS) is 1. The molecule has 0 aliphatic carbocycles. The SMILES string of the molecule is CC/C=C\C/C=C\C/C=C\C/C=C\C/C=C\C/C=C\C/C=C\C/C=C\C/C=C\C/C=C\CCCCCCCCCCC(=O)OC(COC(=O)CCCCCCCCCCCCCCCC)COC(OCC[N+](C)(C)C)C(=O)O. The van der Waals surface area contributed by atoms with Gasteiger partial charge in [-0.2, -0.15) is 0 Å². The number of nitrogens with zero attached hydrogens (tertiary/aromatic N) is 1. The molecule has 0 amide bonds. The van der Waals surface area contributed by atoms with E-state index in [1.54, 1.807) is 0 Å². The van der Waals surface area contributed by atoms with Crippen LogP contribution < -0.4 is 0 Å². The number of ether oxygens (including phenoxy) is 4. The van der Waals surface area contributed by atoms with Crippen molar-refractivity contribution in [1.29, 1.82) is 0 Å². The van der Waals surface area contributed by atoms with Crippen LogP contribution >= 0.6 is 0 Å². The molecule has 1 N–H and O–H groups in total. The minimum Gasteiger partial charge on any atom is -0.477 e. The number of allylic oxidation sites excluding steroid dienone is 20. The van der Waals surface area contributed by atoms with E-state index in [0.717, 1.165) is 109 Å². The molecule has 0 heterocycles. The zero-order valence-corrected chi connectivity index (χ0v) is 50.5. The van der Waals surface area contributed by atoms with Gasteiger partial charge in [0.1, 0.15) is 13.2 Å². The molecule has 0 spiro atoms. The molecule has 0 aliphatic heterocycles. The smallest absolute Gasteiger partial charge is 0.361 e. The first kappa shape index (κ1) is 73.7. The van der Waals surface area contributed by atoms with Crippen LogP contribution in [0, 0.1) is 0 Å². The molecule has 0 radical (unpaired) electrons. The summed E-state index contributed by atoms with van der Waals surface area (Å²) in [7, 11) is 5.96. The van der Waals surface area contributed by atoms with Crippen molar-refractivity contribution in [2.75, 3.05) is 47.5 Å². The van der Waals surface area contributed by atoms with E-state index in [4.69, 9.17) is 18.9 Å². The fraction of sp³-hybridized carbons (Fsp3) is 0.667. The number of esters is 2. The summed E-state index contributed by atoms with van der Waals surface area (Å²) in [4.78, 5) is 37.4. The van der Waals surface area contributed by atoms with E-state index < -0.39 is 24.3 Å². The number of carbonyl (C=O) groups is 3. The highest BCUT2D eigenvalue weighted by Crippen LogP contribution is 2.15. The topological polar surface area (TPSA) is 108 Å². The van der Waals surface area contributed by atoms with Crippen LogP contribution in [0.5, 0.6) is 0 Å². The van der Waals surface area contributed by atoms with E-state index >= 15 is 0 Å². The quantitative estimate of drug-likeness (QED) is 0.0211. The summed E-state index contributed by atoms with van der Waals surface area (Å²) in [5.74, 6) is -2.02. The lowest BCUT2D eigenvalue weighted by Gasteiger charge is -2.25. The monoisotopic (exact) mass is 1090 g/mol. The van der Waals surface area contributed by atoms with E-state index in [0.29, 0.717) is 23.9 Å². The average Bonchev–Trinajstić information content (AvgIpc) is 3.41. The van der Waals surface area contributed by atoms with E-state index in [1.165, 1.54) is 96.3 Å². The molecule has 0 aliphatic rings. The highest BCUT2D eigenvalue weighted by molar-refractivity contribution is 5.71. The standard InChI is InChI=1S/C69H115NO8/c1-6-8-10-12-14-16-18-20-22-23-24-25-26-27-28-29-30-31-32-33-34-35-36-37-38-39-40-41-42-43-44-45-46-48-50-52-54-56-58-60-67(72)78-65(64-77-69(68(73)74)75-62-61-70(3,4)5)63-76-66(71)59-57-55-53-51-49-47-21-19-17-15-13-11-9-7-2/h8,10,14,16,20,22,24-25,27-28,30-31,33-34,36-37,39-40,42-43,65,69H,6-7,9,11-13,15,17-19,21,23,26,29,32,35,38,41,44-64H2,1-5H3/p+1/b10-8-,16-14-,22-20-,25-24-,28-27-,31-30-,34-33-,37-36-,40-39-,43-42-. The molecule has 9 heteroatoms. The predicted molar refractivity (Wildman–Crippen MR) is 331 cm³/mol. The molecular formula is C69H116NO8+.